The molecule has 98 valence electrons. The van der Waals surface area contributed by atoms with E-state index in [0.29, 0.717) is 18.9 Å². The van der Waals surface area contributed by atoms with Crippen molar-refractivity contribution in [2.75, 3.05) is 20.3 Å². The lowest BCUT2D eigenvalue weighted by atomic mass is 9.96. The zero-order valence-electron chi connectivity index (χ0n) is 11.0. The Morgan fingerprint density at radius 3 is 2.61 bits per heavy atom. The van der Waals surface area contributed by atoms with Gasteiger partial charge in [-0.3, -0.25) is 4.79 Å². The Kier molecular flexibility index (Phi) is 4.76. The van der Waals surface area contributed by atoms with E-state index in [2.05, 4.69) is 12.1 Å². The number of ether oxygens (including phenoxy) is 1. The van der Waals surface area contributed by atoms with Crippen molar-refractivity contribution >= 4 is 5.91 Å². The molecule has 2 rings (SSSR count). The van der Waals surface area contributed by atoms with Gasteiger partial charge in [0.2, 0.25) is 5.91 Å². The highest BCUT2D eigenvalue weighted by Gasteiger charge is 2.19. The van der Waals surface area contributed by atoms with Crippen molar-refractivity contribution in [3.05, 3.63) is 35.9 Å². The number of carbonyl (C=O) groups is 1. The molecule has 1 fully saturated rings. The fourth-order valence-electron chi connectivity index (χ4n) is 2.30. The first-order valence-electron chi connectivity index (χ1n) is 6.61. The van der Waals surface area contributed by atoms with Crippen molar-refractivity contribution in [2.24, 2.45) is 5.92 Å². The summed E-state index contributed by atoms with van der Waals surface area (Å²) in [6.07, 6.45) is 2.70. The molecule has 3 heteroatoms. The summed E-state index contributed by atoms with van der Waals surface area (Å²) in [5.74, 6) is 0.746. The van der Waals surface area contributed by atoms with E-state index < -0.39 is 0 Å². The SMILES string of the molecule is CN(Cc1ccccc1)C(=O)CC1CCOCC1. The minimum atomic E-state index is 0.241. The molecule has 1 aliphatic rings. The summed E-state index contributed by atoms with van der Waals surface area (Å²) < 4.78 is 5.31. The Morgan fingerprint density at radius 1 is 1.28 bits per heavy atom. The van der Waals surface area contributed by atoms with Gasteiger partial charge in [0.25, 0.3) is 0 Å². The van der Waals surface area contributed by atoms with E-state index >= 15 is 0 Å². The third-order valence-electron chi connectivity index (χ3n) is 3.49. The summed E-state index contributed by atoms with van der Waals surface area (Å²) >= 11 is 0. The second kappa shape index (κ2) is 6.55. The molecule has 1 saturated heterocycles. The highest BCUT2D eigenvalue weighted by Crippen LogP contribution is 2.19. The van der Waals surface area contributed by atoms with Gasteiger partial charge in [0.05, 0.1) is 0 Å². The second-order valence-corrected chi connectivity index (χ2v) is 5.00. The van der Waals surface area contributed by atoms with E-state index in [1.54, 1.807) is 0 Å². The number of carbonyl (C=O) groups excluding carboxylic acids is 1. The van der Waals surface area contributed by atoms with Crippen LogP contribution in [0.25, 0.3) is 0 Å². The summed E-state index contributed by atoms with van der Waals surface area (Å²) in [7, 11) is 1.88. The average molecular weight is 247 g/mol. The lowest BCUT2D eigenvalue weighted by molar-refractivity contribution is -0.132. The molecule has 0 aromatic heterocycles. The monoisotopic (exact) mass is 247 g/mol. The largest absolute Gasteiger partial charge is 0.381 e. The average Bonchev–Trinajstić information content (AvgIpc) is 2.41. The summed E-state index contributed by atoms with van der Waals surface area (Å²) in [4.78, 5) is 13.9. The number of amides is 1. The summed E-state index contributed by atoms with van der Waals surface area (Å²) in [6.45, 7) is 2.31. The van der Waals surface area contributed by atoms with Crippen LogP contribution in [0.5, 0.6) is 0 Å². The molecule has 0 atom stereocenters. The Labute approximate surface area is 109 Å². The Bertz CT molecular complexity index is 371. The van der Waals surface area contributed by atoms with Gasteiger partial charge in [-0.25, -0.2) is 0 Å². The van der Waals surface area contributed by atoms with Crippen molar-refractivity contribution in [3.8, 4) is 0 Å². The van der Waals surface area contributed by atoms with Crippen LogP contribution in [0.4, 0.5) is 0 Å². The van der Waals surface area contributed by atoms with Gasteiger partial charge >= 0.3 is 0 Å². The van der Waals surface area contributed by atoms with Crippen LogP contribution in [0, 0.1) is 5.92 Å². The van der Waals surface area contributed by atoms with Crippen molar-refractivity contribution in [3.63, 3.8) is 0 Å². The van der Waals surface area contributed by atoms with Crippen LogP contribution in [-0.2, 0) is 16.1 Å². The minimum Gasteiger partial charge on any atom is -0.381 e. The third-order valence-corrected chi connectivity index (χ3v) is 3.49. The molecule has 0 spiro atoms. The number of benzene rings is 1. The number of rotatable bonds is 4. The molecule has 0 unspecified atom stereocenters. The Morgan fingerprint density at radius 2 is 1.94 bits per heavy atom. The highest BCUT2D eigenvalue weighted by atomic mass is 16.5. The van der Waals surface area contributed by atoms with E-state index in [-0.39, 0.29) is 5.91 Å². The molecule has 1 aromatic carbocycles. The maximum atomic E-state index is 12.1. The molecule has 0 bridgehead atoms. The van der Waals surface area contributed by atoms with Gasteiger partial charge in [-0.2, -0.15) is 0 Å². The van der Waals surface area contributed by atoms with Gasteiger partial charge in [-0.1, -0.05) is 30.3 Å². The lowest BCUT2D eigenvalue weighted by Gasteiger charge is -2.24. The normalized spacial score (nSPS) is 16.5. The van der Waals surface area contributed by atoms with Crippen LogP contribution < -0.4 is 0 Å². The predicted molar refractivity (Wildman–Crippen MR) is 71.1 cm³/mol. The van der Waals surface area contributed by atoms with E-state index in [4.69, 9.17) is 4.74 Å². The maximum Gasteiger partial charge on any atom is 0.222 e. The van der Waals surface area contributed by atoms with Crippen molar-refractivity contribution < 1.29 is 9.53 Å². The van der Waals surface area contributed by atoms with E-state index in [9.17, 15) is 4.79 Å². The minimum absolute atomic E-state index is 0.241. The molecule has 0 radical (unpaired) electrons. The Hall–Kier alpha value is -1.35. The van der Waals surface area contributed by atoms with Crippen LogP contribution in [0.1, 0.15) is 24.8 Å². The molecule has 0 N–H and O–H groups in total. The first-order valence-corrected chi connectivity index (χ1v) is 6.61. The number of nitrogens with zero attached hydrogens (tertiary/aromatic N) is 1. The molecule has 1 amide bonds. The fraction of sp³-hybridized carbons (Fsp3) is 0.533. The summed E-state index contributed by atoms with van der Waals surface area (Å²) in [5.41, 5.74) is 1.18. The second-order valence-electron chi connectivity index (χ2n) is 5.00. The lowest BCUT2D eigenvalue weighted by Crippen LogP contribution is -2.29. The quantitative estimate of drug-likeness (QED) is 0.818. The van der Waals surface area contributed by atoms with Crippen molar-refractivity contribution in [1.82, 2.24) is 4.90 Å². The van der Waals surface area contributed by atoms with Gasteiger partial charge in [0.15, 0.2) is 0 Å². The van der Waals surface area contributed by atoms with Gasteiger partial charge in [-0.05, 0) is 24.3 Å². The number of hydrogen-bond donors (Lipinski definition) is 0. The van der Waals surface area contributed by atoms with Gasteiger partial charge in [-0.15, -0.1) is 0 Å². The van der Waals surface area contributed by atoms with Crippen LogP contribution in [0.2, 0.25) is 0 Å². The zero-order chi connectivity index (χ0) is 12.8. The van der Waals surface area contributed by atoms with Crippen LogP contribution in [0.3, 0.4) is 0 Å². The van der Waals surface area contributed by atoms with Crippen LogP contribution in [-0.4, -0.2) is 31.1 Å². The molecule has 0 aliphatic carbocycles. The van der Waals surface area contributed by atoms with Gasteiger partial charge in [0.1, 0.15) is 0 Å². The van der Waals surface area contributed by atoms with Gasteiger partial charge in [0, 0.05) is 33.2 Å². The summed E-state index contributed by atoms with van der Waals surface area (Å²) in [5, 5.41) is 0. The maximum absolute atomic E-state index is 12.1. The van der Waals surface area contributed by atoms with Crippen molar-refractivity contribution in [1.29, 1.82) is 0 Å². The molecular weight excluding hydrogens is 226 g/mol. The fourth-order valence-corrected chi connectivity index (χ4v) is 2.30. The summed E-state index contributed by atoms with van der Waals surface area (Å²) in [6, 6.07) is 10.1. The first-order chi connectivity index (χ1) is 8.75. The molecule has 18 heavy (non-hydrogen) atoms. The first kappa shape index (κ1) is 13.1. The number of hydrogen-bond acceptors (Lipinski definition) is 2. The molecule has 1 aromatic rings. The van der Waals surface area contributed by atoms with E-state index in [0.717, 1.165) is 26.1 Å². The molecule has 1 aliphatic heterocycles. The van der Waals surface area contributed by atoms with Crippen molar-refractivity contribution in [2.45, 2.75) is 25.8 Å². The van der Waals surface area contributed by atoms with E-state index in [1.165, 1.54) is 5.56 Å². The smallest absolute Gasteiger partial charge is 0.222 e. The standard InChI is InChI=1S/C15H21NO2/c1-16(12-14-5-3-2-4-6-14)15(17)11-13-7-9-18-10-8-13/h2-6,13H,7-12H2,1H3. The molecular formula is C15H21NO2. The highest BCUT2D eigenvalue weighted by molar-refractivity contribution is 5.76. The third kappa shape index (κ3) is 3.84. The van der Waals surface area contributed by atoms with Gasteiger partial charge < -0.3 is 9.64 Å². The molecule has 3 nitrogen and oxygen atoms in total. The zero-order valence-corrected chi connectivity index (χ0v) is 11.0. The van der Waals surface area contributed by atoms with E-state index in [1.807, 2.05) is 30.1 Å². The molecule has 0 saturated carbocycles. The van der Waals surface area contributed by atoms with Crippen LogP contribution >= 0.6 is 0 Å². The Balaban J connectivity index is 1.81. The molecule has 1 heterocycles. The van der Waals surface area contributed by atoms with Crippen LogP contribution in [0.15, 0.2) is 30.3 Å². The predicted octanol–water partition coefficient (Wildman–Crippen LogP) is 2.46. The topological polar surface area (TPSA) is 29.5 Å².